The van der Waals surface area contributed by atoms with Gasteiger partial charge in [-0.2, -0.15) is 0 Å². The monoisotopic (exact) mass is 522 g/mol. The number of carboxylic acid groups (broad SMARTS) is 1. The number of amides is 2. The molecule has 3 rings (SSSR count). The van der Waals surface area contributed by atoms with Gasteiger partial charge in [-0.1, -0.05) is 87.4 Å². The average molecular weight is 523 g/mol. The number of rotatable bonds is 12. The summed E-state index contributed by atoms with van der Waals surface area (Å²) >= 11 is 0. The molecule has 1 saturated carbocycles. The zero-order valence-corrected chi connectivity index (χ0v) is 22.1. The van der Waals surface area contributed by atoms with Crippen LogP contribution >= 0.6 is 0 Å². The molecule has 8 nitrogen and oxygen atoms in total. The Morgan fingerprint density at radius 1 is 0.842 bits per heavy atom. The van der Waals surface area contributed by atoms with E-state index < -0.39 is 47.7 Å². The number of ether oxygens (including phenoxy) is 1. The lowest BCUT2D eigenvalue weighted by Crippen LogP contribution is -2.54. The van der Waals surface area contributed by atoms with E-state index in [1.807, 2.05) is 74.5 Å². The molecule has 1 aliphatic carbocycles. The lowest BCUT2D eigenvalue weighted by atomic mass is 9.78. The Bertz CT molecular complexity index is 1070. The van der Waals surface area contributed by atoms with Gasteiger partial charge < -0.3 is 20.5 Å². The van der Waals surface area contributed by atoms with E-state index in [2.05, 4.69) is 10.6 Å². The summed E-state index contributed by atoms with van der Waals surface area (Å²) in [5.74, 6) is -3.65. The van der Waals surface area contributed by atoms with Gasteiger partial charge in [-0.05, 0) is 36.3 Å². The molecule has 0 unspecified atom stereocenters. The topological polar surface area (TPSA) is 122 Å². The van der Waals surface area contributed by atoms with E-state index >= 15 is 0 Å². The maximum absolute atomic E-state index is 13.5. The number of aliphatic carboxylic acids is 1. The van der Waals surface area contributed by atoms with E-state index in [4.69, 9.17) is 4.74 Å². The third-order valence-corrected chi connectivity index (χ3v) is 6.87. The van der Waals surface area contributed by atoms with Crippen LogP contribution in [-0.4, -0.2) is 40.9 Å². The molecule has 1 fully saturated rings. The zero-order valence-electron chi connectivity index (χ0n) is 22.1. The Morgan fingerprint density at radius 2 is 1.42 bits per heavy atom. The molecule has 4 atom stereocenters. The summed E-state index contributed by atoms with van der Waals surface area (Å²) in [4.78, 5) is 51.5. The van der Waals surface area contributed by atoms with Gasteiger partial charge in [-0.25, -0.2) is 4.79 Å². The minimum absolute atomic E-state index is 0.0588. The fraction of sp³-hybridized carbons (Fsp3) is 0.467. The predicted octanol–water partition coefficient (Wildman–Crippen LogP) is 3.88. The highest BCUT2D eigenvalue weighted by molar-refractivity contribution is 5.92. The third-order valence-electron chi connectivity index (χ3n) is 6.87. The summed E-state index contributed by atoms with van der Waals surface area (Å²) in [6.07, 6.45) is 3.13. The van der Waals surface area contributed by atoms with Gasteiger partial charge in [0.05, 0.1) is 11.8 Å². The molecular weight excluding hydrogens is 484 g/mol. The van der Waals surface area contributed by atoms with Crippen molar-refractivity contribution in [3.8, 4) is 0 Å². The fourth-order valence-corrected chi connectivity index (χ4v) is 4.87. The first-order valence-electron chi connectivity index (χ1n) is 13.3. The van der Waals surface area contributed by atoms with Crippen molar-refractivity contribution >= 4 is 23.8 Å². The second-order valence-electron chi connectivity index (χ2n) is 10.4. The standard InChI is InChI=1S/C30H38N2O6/c1-20(2)17-26(29(35)36)32-28(34)25(18-21-11-5-3-6-12-21)31-27(33)23-15-9-10-16-24(23)30(37)38-19-22-13-7-4-8-14-22/h3-8,11-14,20,23-26H,9-10,15-19H2,1-2H3,(H,31,33)(H,32,34)(H,35,36)/t23-,24-,25+,26+/m1/s1. The lowest BCUT2D eigenvalue weighted by molar-refractivity contribution is -0.156. The van der Waals surface area contributed by atoms with Crippen LogP contribution in [0.3, 0.4) is 0 Å². The second kappa shape index (κ2) is 14.3. The smallest absolute Gasteiger partial charge is 0.326 e. The lowest BCUT2D eigenvalue weighted by Gasteiger charge is -2.31. The first kappa shape index (κ1) is 28.9. The van der Waals surface area contributed by atoms with Crippen molar-refractivity contribution in [2.75, 3.05) is 0 Å². The maximum atomic E-state index is 13.5. The molecule has 8 heteroatoms. The molecule has 3 N–H and O–H groups in total. The number of carbonyl (C=O) groups excluding carboxylic acids is 3. The van der Waals surface area contributed by atoms with Crippen molar-refractivity contribution in [3.05, 3.63) is 71.8 Å². The molecule has 1 aliphatic rings. The first-order valence-corrected chi connectivity index (χ1v) is 13.3. The van der Waals surface area contributed by atoms with Gasteiger partial charge in [0.15, 0.2) is 0 Å². The molecule has 2 amide bonds. The van der Waals surface area contributed by atoms with Crippen molar-refractivity contribution in [2.45, 2.75) is 71.1 Å². The minimum atomic E-state index is -1.12. The van der Waals surface area contributed by atoms with E-state index in [1.165, 1.54) is 0 Å². The van der Waals surface area contributed by atoms with Gasteiger partial charge >= 0.3 is 11.9 Å². The Labute approximate surface area is 224 Å². The van der Waals surface area contributed by atoms with Crippen LogP contribution in [0.15, 0.2) is 60.7 Å². The van der Waals surface area contributed by atoms with Gasteiger partial charge in [0.2, 0.25) is 11.8 Å². The van der Waals surface area contributed by atoms with Crippen molar-refractivity contribution in [3.63, 3.8) is 0 Å². The Kier molecular flexibility index (Phi) is 10.9. The van der Waals surface area contributed by atoms with E-state index in [9.17, 15) is 24.3 Å². The van der Waals surface area contributed by atoms with Crippen LogP contribution in [0.1, 0.15) is 57.1 Å². The van der Waals surface area contributed by atoms with Crippen LogP contribution in [0.2, 0.25) is 0 Å². The number of carbonyl (C=O) groups is 4. The maximum Gasteiger partial charge on any atom is 0.326 e. The van der Waals surface area contributed by atoms with Crippen molar-refractivity contribution in [2.24, 2.45) is 17.8 Å². The quantitative estimate of drug-likeness (QED) is 0.364. The average Bonchev–Trinajstić information content (AvgIpc) is 2.91. The second-order valence-corrected chi connectivity index (χ2v) is 10.4. The zero-order chi connectivity index (χ0) is 27.5. The largest absolute Gasteiger partial charge is 0.480 e. The first-order chi connectivity index (χ1) is 18.2. The summed E-state index contributed by atoms with van der Waals surface area (Å²) in [6.45, 7) is 3.90. The van der Waals surface area contributed by atoms with Gasteiger partial charge in [-0.15, -0.1) is 0 Å². The summed E-state index contributed by atoms with van der Waals surface area (Å²) in [7, 11) is 0. The van der Waals surface area contributed by atoms with Crippen LogP contribution in [-0.2, 0) is 36.9 Å². The Balaban J connectivity index is 1.72. The van der Waals surface area contributed by atoms with Crippen LogP contribution < -0.4 is 10.6 Å². The Morgan fingerprint density at radius 3 is 2.00 bits per heavy atom. The predicted molar refractivity (Wildman–Crippen MR) is 143 cm³/mol. The Hall–Kier alpha value is -3.68. The molecule has 2 aromatic carbocycles. The molecule has 0 bridgehead atoms. The normalized spacial score (nSPS) is 18.7. The van der Waals surface area contributed by atoms with E-state index in [1.54, 1.807) is 0 Å². The number of carboxylic acids is 1. The molecule has 204 valence electrons. The van der Waals surface area contributed by atoms with E-state index in [-0.39, 0.29) is 25.4 Å². The minimum Gasteiger partial charge on any atom is -0.480 e. The molecular formula is C30H38N2O6. The highest BCUT2D eigenvalue weighted by atomic mass is 16.5. The molecule has 0 aliphatic heterocycles. The SMILES string of the molecule is CC(C)C[C@H](NC(=O)[C@H](Cc1ccccc1)NC(=O)[C@@H]1CCCC[C@H]1C(=O)OCc1ccccc1)C(=O)O. The number of hydrogen-bond acceptors (Lipinski definition) is 5. The molecule has 0 aromatic heterocycles. The van der Waals surface area contributed by atoms with Crippen LogP contribution in [0.4, 0.5) is 0 Å². The molecule has 0 saturated heterocycles. The van der Waals surface area contributed by atoms with Crippen LogP contribution in [0.25, 0.3) is 0 Å². The fourth-order valence-electron chi connectivity index (χ4n) is 4.87. The van der Waals surface area contributed by atoms with E-state index in [0.29, 0.717) is 12.8 Å². The van der Waals surface area contributed by atoms with Gasteiger partial charge in [0, 0.05) is 6.42 Å². The number of hydrogen-bond donors (Lipinski definition) is 3. The van der Waals surface area contributed by atoms with Crippen LogP contribution in [0, 0.1) is 17.8 Å². The molecule has 0 spiro atoms. The highest BCUT2D eigenvalue weighted by Gasteiger charge is 2.38. The van der Waals surface area contributed by atoms with Gasteiger partial charge in [0.1, 0.15) is 18.7 Å². The third kappa shape index (κ3) is 8.71. The summed E-state index contributed by atoms with van der Waals surface area (Å²) in [6, 6.07) is 16.5. The summed E-state index contributed by atoms with van der Waals surface area (Å²) in [5.41, 5.74) is 1.69. The highest BCUT2D eigenvalue weighted by Crippen LogP contribution is 2.31. The molecule has 0 heterocycles. The van der Waals surface area contributed by atoms with Crippen molar-refractivity contribution < 1.29 is 29.0 Å². The van der Waals surface area contributed by atoms with Gasteiger partial charge in [-0.3, -0.25) is 14.4 Å². The molecule has 2 aromatic rings. The summed E-state index contributed by atoms with van der Waals surface area (Å²) < 4.78 is 5.55. The van der Waals surface area contributed by atoms with Crippen molar-refractivity contribution in [1.82, 2.24) is 10.6 Å². The van der Waals surface area contributed by atoms with Crippen molar-refractivity contribution in [1.29, 1.82) is 0 Å². The van der Waals surface area contributed by atoms with Gasteiger partial charge in [0.25, 0.3) is 0 Å². The van der Waals surface area contributed by atoms with Crippen LogP contribution in [0.5, 0.6) is 0 Å². The molecule has 38 heavy (non-hydrogen) atoms. The van der Waals surface area contributed by atoms with E-state index in [0.717, 1.165) is 24.0 Å². The number of nitrogens with one attached hydrogen (secondary N) is 2. The number of benzene rings is 2. The number of esters is 1. The molecule has 0 radical (unpaired) electrons. The summed E-state index contributed by atoms with van der Waals surface area (Å²) in [5, 5.41) is 15.0.